The molecule has 6 nitrogen and oxygen atoms in total. The van der Waals surface area contributed by atoms with Crippen molar-refractivity contribution < 1.29 is 4.79 Å². The van der Waals surface area contributed by atoms with Gasteiger partial charge >= 0.3 is 6.03 Å². The number of nitrogens with two attached hydrogens (primary N) is 2. The van der Waals surface area contributed by atoms with Crippen LogP contribution < -0.4 is 16.4 Å². The van der Waals surface area contributed by atoms with Gasteiger partial charge in [0.05, 0.1) is 11.7 Å². The topological polar surface area (TPSA) is 109 Å². The van der Waals surface area contributed by atoms with Crippen LogP contribution in [-0.4, -0.2) is 22.9 Å². The molecule has 1 aliphatic heterocycles. The second-order valence-electron chi connectivity index (χ2n) is 4.95. The Morgan fingerprint density at radius 1 is 1.33 bits per heavy atom. The van der Waals surface area contributed by atoms with E-state index >= 15 is 0 Å². The molecule has 0 bridgehead atoms. The minimum Gasteiger partial charge on any atom is -0.351 e. The standard InChI is InChI=1S/C15H15N5O/c16-12-7-11-6-9(10-2-1-5-19-8-10)3-4-13(11)20(14(12)17)15(18)21/h1-6,8,12,17H,7,16H2,(H2,18,21). The molecular formula is C15H15N5O. The van der Waals surface area contributed by atoms with Gasteiger partial charge in [-0.15, -0.1) is 0 Å². The van der Waals surface area contributed by atoms with E-state index in [-0.39, 0.29) is 5.84 Å². The number of nitrogens with one attached hydrogen (secondary N) is 1. The molecular weight excluding hydrogens is 266 g/mol. The van der Waals surface area contributed by atoms with E-state index < -0.39 is 12.1 Å². The summed E-state index contributed by atoms with van der Waals surface area (Å²) >= 11 is 0. The van der Waals surface area contributed by atoms with Gasteiger partial charge in [-0.2, -0.15) is 0 Å². The number of hydrogen-bond donors (Lipinski definition) is 3. The van der Waals surface area contributed by atoms with E-state index in [1.807, 2.05) is 24.3 Å². The fourth-order valence-electron chi connectivity index (χ4n) is 2.55. The Morgan fingerprint density at radius 2 is 2.14 bits per heavy atom. The lowest BCUT2D eigenvalue weighted by atomic mass is 9.94. The number of primary amides is 1. The molecule has 2 aromatic rings. The van der Waals surface area contributed by atoms with Gasteiger partial charge < -0.3 is 11.5 Å². The van der Waals surface area contributed by atoms with E-state index in [0.29, 0.717) is 12.1 Å². The van der Waals surface area contributed by atoms with Gasteiger partial charge in [-0.05, 0) is 41.3 Å². The highest BCUT2D eigenvalue weighted by Gasteiger charge is 2.30. The maximum absolute atomic E-state index is 11.6. The van der Waals surface area contributed by atoms with Crippen molar-refractivity contribution in [3.63, 3.8) is 0 Å². The van der Waals surface area contributed by atoms with Crippen molar-refractivity contribution in [2.45, 2.75) is 12.5 Å². The number of amides is 2. The highest BCUT2D eigenvalue weighted by molar-refractivity contribution is 6.18. The second kappa shape index (κ2) is 4.99. The summed E-state index contributed by atoms with van der Waals surface area (Å²) in [6.45, 7) is 0. The number of benzene rings is 1. The highest BCUT2D eigenvalue weighted by Crippen LogP contribution is 2.31. The molecule has 2 heterocycles. The van der Waals surface area contributed by atoms with Crippen LogP contribution >= 0.6 is 0 Å². The molecule has 5 N–H and O–H groups in total. The molecule has 0 radical (unpaired) electrons. The Labute approximate surface area is 121 Å². The third-order valence-corrected chi connectivity index (χ3v) is 3.57. The molecule has 3 rings (SSSR count). The molecule has 21 heavy (non-hydrogen) atoms. The van der Waals surface area contributed by atoms with Crippen molar-refractivity contribution in [3.05, 3.63) is 48.3 Å². The maximum Gasteiger partial charge on any atom is 0.324 e. The lowest BCUT2D eigenvalue weighted by Gasteiger charge is -2.32. The number of nitrogens with zero attached hydrogens (tertiary/aromatic N) is 2. The van der Waals surface area contributed by atoms with Crippen molar-refractivity contribution in [2.24, 2.45) is 11.5 Å². The SMILES string of the molecule is N=C1C(N)Cc2cc(-c3cccnc3)ccc2N1C(N)=O. The number of aromatic nitrogens is 1. The van der Waals surface area contributed by atoms with Gasteiger partial charge in [0, 0.05) is 12.4 Å². The van der Waals surface area contributed by atoms with Gasteiger partial charge in [0.2, 0.25) is 0 Å². The van der Waals surface area contributed by atoms with Crippen LogP contribution in [-0.2, 0) is 6.42 Å². The number of amidine groups is 1. The van der Waals surface area contributed by atoms with Gasteiger partial charge in [-0.1, -0.05) is 12.1 Å². The monoisotopic (exact) mass is 281 g/mol. The van der Waals surface area contributed by atoms with Gasteiger partial charge in [0.1, 0.15) is 5.84 Å². The zero-order valence-corrected chi connectivity index (χ0v) is 11.3. The normalized spacial score (nSPS) is 17.5. The van der Waals surface area contributed by atoms with E-state index in [4.69, 9.17) is 16.9 Å². The molecule has 0 fully saturated rings. The Bertz CT molecular complexity index is 713. The van der Waals surface area contributed by atoms with Crippen LogP contribution in [0.15, 0.2) is 42.7 Å². The Balaban J connectivity index is 2.09. The van der Waals surface area contributed by atoms with Gasteiger partial charge in [-0.25, -0.2) is 9.69 Å². The fourth-order valence-corrected chi connectivity index (χ4v) is 2.55. The van der Waals surface area contributed by atoms with E-state index in [0.717, 1.165) is 21.6 Å². The largest absolute Gasteiger partial charge is 0.351 e. The summed E-state index contributed by atoms with van der Waals surface area (Å²) in [5.74, 6) is 0.0316. The molecule has 1 aliphatic rings. The highest BCUT2D eigenvalue weighted by atomic mass is 16.2. The quantitative estimate of drug-likeness (QED) is 0.736. The van der Waals surface area contributed by atoms with Crippen LogP contribution in [0.4, 0.5) is 10.5 Å². The predicted molar refractivity (Wildman–Crippen MR) is 81.1 cm³/mol. The van der Waals surface area contributed by atoms with Crippen molar-refractivity contribution in [2.75, 3.05) is 4.90 Å². The number of fused-ring (bicyclic) bond motifs is 1. The Morgan fingerprint density at radius 3 is 2.81 bits per heavy atom. The smallest absolute Gasteiger partial charge is 0.324 e. The number of pyridine rings is 1. The van der Waals surface area contributed by atoms with Crippen LogP contribution in [0.2, 0.25) is 0 Å². The second-order valence-corrected chi connectivity index (χ2v) is 4.95. The summed E-state index contributed by atoms with van der Waals surface area (Å²) in [5, 5.41) is 7.92. The zero-order chi connectivity index (χ0) is 15.0. The first-order valence-corrected chi connectivity index (χ1v) is 6.55. The summed E-state index contributed by atoms with van der Waals surface area (Å²) in [4.78, 5) is 16.8. The van der Waals surface area contributed by atoms with Crippen LogP contribution in [0.25, 0.3) is 11.1 Å². The molecule has 0 saturated heterocycles. The number of anilines is 1. The van der Waals surface area contributed by atoms with Crippen molar-refractivity contribution in [3.8, 4) is 11.1 Å². The van der Waals surface area contributed by atoms with Crippen LogP contribution in [0.3, 0.4) is 0 Å². The minimum atomic E-state index is -0.689. The fraction of sp³-hybridized carbons (Fsp3) is 0.133. The maximum atomic E-state index is 11.6. The number of carbonyl (C=O) groups is 1. The number of hydrogen-bond acceptors (Lipinski definition) is 4. The molecule has 0 saturated carbocycles. The molecule has 1 unspecified atom stereocenters. The molecule has 2 amide bonds. The summed E-state index contributed by atoms with van der Waals surface area (Å²) in [7, 11) is 0. The zero-order valence-electron chi connectivity index (χ0n) is 11.3. The number of rotatable bonds is 1. The van der Waals surface area contributed by atoms with Crippen LogP contribution in [0.1, 0.15) is 5.56 Å². The van der Waals surface area contributed by atoms with Gasteiger partial charge in [-0.3, -0.25) is 10.4 Å². The average molecular weight is 281 g/mol. The summed E-state index contributed by atoms with van der Waals surface area (Å²) in [6, 6.07) is 8.25. The summed E-state index contributed by atoms with van der Waals surface area (Å²) < 4.78 is 0. The Kier molecular flexibility index (Phi) is 3.15. The van der Waals surface area contributed by atoms with E-state index in [1.165, 1.54) is 0 Å². The third kappa shape index (κ3) is 2.25. The van der Waals surface area contributed by atoms with Crippen molar-refractivity contribution >= 4 is 17.6 Å². The lowest BCUT2D eigenvalue weighted by molar-refractivity contribution is 0.256. The van der Waals surface area contributed by atoms with Crippen molar-refractivity contribution in [1.29, 1.82) is 5.41 Å². The molecule has 0 spiro atoms. The van der Waals surface area contributed by atoms with Crippen LogP contribution in [0.5, 0.6) is 0 Å². The Hall–Kier alpha value is -2.73. The number of urea groups is 1. The minimum absolute atomic E-state index is 0.0316. The molecule has 106 valence electrons. The predicted octanol–water partition coefficient (Wildman–Crippen LogP) is 1.49. The summed E-state index contributed by atoms with van der Waals surface area (Å²) in [5.41, 5.74) is 14.8. The van der Waals surface area contributed by atoms with Gasteiger partial charge in [0.25, 0.3) is 0 Å². The lowest BCUT2D eigenvalue weighted by Crippen LogP contribution is -2.52. The number of carbonyl (C=O) groups excluding carboxylic acids is 1. The van der Waals surface area contributed by atoms with Crippen molar-refractivity contribution in [1.82, 2.24) is 4.98 Å². The molecule has 6 heteroatoms. The van der Waals surface area contributed by atoms with E-state index in [9.17, 15) is 4.79 Å². The van der Waals surface area contributed by atoms with E-state index in [2.05, 4.69) is 4.98 Å². The van der Waals surface area contributed by atoms with E-state index in [1.54, 1.807) is 18.5 Å². The molecule has 1 aromatic carbocycles. The molecule has 0 aliphatic carbocycles. The first kappa shape index (κ1) is 13.3. The van der Waals surface area contributed by atoms with Crippen LogP contribution in [0, 0.1) is 5.41 Å². The molecule has 1 atom stereocenters. The summed E-state index contributed by atoms with van der Waals surface area (Å²) in [6.07, 6.45) is 4.00. The third-order valence-electron chi connectivity index (χ3n) is 3.57. The molecule has 1 aromatic heterocycles. The van der Waals surface area contributed by atoms with Gasteiger partial charge in [0.15, 0.2) is 0 Å². The first-order valence-electron chi connectivity index (χ1n) is 6.55. The first-order chi connectivity index (χ1) is 10.1. The average Bonchev–Trinajstić information content (AvgIpc) is 2.48.